The summed E-state index contributed by atoms with van der Waals surface area (Å²) in [5.41, 5.74) is 1.08. The number of hydrogen-bond donors (Lipinski definition) is 0. The minimum absolute atomic E-state index is 0.0966. The van der Waals surface area contributed by atoms with Crippen LogP contribution < -0.4 is 4.90 Å². The molecular formula is C17H24N2O4. The summed E-state index contributed by atoms with van der Waals surface area (Å²) in [5.74, 6) is -0.537. The molecule has 23 heavy (non-hydrogen) atoms. The molecule has 1 fully saturated rings. The van der Waals surface area contributed by atoms with Gasteiger partial charge < -0.3 is 9.64 Å². The molecule has 1 saturated heterocycles. The van der Waals surface area contributed by atoms with E-state index in [0.29, 0.717) is 6.04 Å². The molecule has 1 unspecified atom stereocenters. The number of nitro benzene ring substituents is 1. The molecule has 6 heteroatoms. The first-order valence-electron chi connectivity index (χ1n) is 7.86. The van der Waals surface area contributed by atoms with Crippen molar-refractivity contribution in [1.29, 1.82) is 0 Å². The van der Waals surface area contributed by atoms with Gasteiger partial charge in [-0.3, -0.25) is 10.1 Å². The van der Waals surface area contributed by atoms with Crippen molar-refractivity contribution in [1.82, 2.24) is 0 Å². The predicted octanol–water partition coefficient (Wildman–Crippen LogP) is 3.79. The highest BCUT2D eigenvalue weighted by Crippen LogP contribution is 2.36. The average molecular weight is 320 g/mol. The molecule has 1 heterocycles. The number of esters is 1. The first-order valence-corrected chi connectivity index (χ1v) is 7.86. The van der Waals surface area contributed by atoms with Gasteiger partial charge in [-0.05, 0) is 30.7 Å². The summed E-state index contributed by atoms with van der Waals surface area (Å²) >= 11 is 0. The maximum absolute atomic E-state index is 12.1. The van der Waals surface area contributed by atoms with Crippen molar-refractivity contribution in [3.05, 3.63) is 33.9 Å². The van der Waals surface area contributed by atoms with Crippen molar-refractivity contribution in [2.45, 2.75) is 46.1 Å². The fourth-order valence-electron chi connectivity index (χ4n) is 3.23. The van der Waals surface area contributed by atoms with E-state index in [1.54, 1.807) is 6.07 Å². The van der Waals surface area contributed by atoms with E-state index < -0.39 is 10.9 Å². The summed E-state index contributed by atoms with van der Waals surface area (Å²) in [6.07, 6.45) is 3.12. The zero-order valence-corrected chi connectivity index (χ0v) is 14.2. The van der Waals surface area contributed by atoms with Crippen LogP contribution in [0.25, 0.3) is 0 Å². The Labute approximate surface area is 136 Å². The lowest BCUT2D eigenvalue weighted by molar-refractivity contribution is -0.384. The number of benzene rings is 1. The number of nitrogens with zero attached hydrogens (tertiary/aromatic N) is 2. The molecule has 0 spiro atoms. The molecule has 1 aromatic rings. The number of non-ortho nitro benzene ring substituents is 1. The van der Waals surface area contributed by atoms with Gasteiger partial charge in [0, 0.05) is 24.7 Å². The molecule has 0 saturated carbocycles. The number of carbonyl (C=O) groups excluding carboxylic acids is 1. The second-order valence-electron chi connectivity index (χ2n) is 7.20. The van der Waals surface area contributed by atoms with Gasteiger partial charge in [-0.15, -0.1) is 0 Å². The van der Waals surface area contributed by atoms with Crippen LogP contribution in [0, 0.1) is 15.5 Å². The lowest BCUT2D eigenvalue weighted by Crippen LogP contribution is -2.33. The molecule has 0 aliphatic carbocycles. The van der Waals surface area contributed by atoms with E-state index in [1.165, 1.54) is 19.2 Å². The normalized spacial score (nSPS) is 18.1. The molecule has 0 N–H and O–H groups in total. The molecule has 0 bridgehead atoms. The van der Waals surface area contributed by atoms with Gasteiger partial charge in [-0.25, -0.2) is 4.79 Å². The smallest absolute Gasteiger partial charge is 0.340 e. The van der Waals surface area contributed by atoms with Crippen molar-refractivity contribution in [3.8, 4) is 0 Å². The first-order chi connectivity index (χ1) is 10.7. The number of anilines is 1. The summed E-state index contributed by atoms with van der Waals surface area (Å²) in [7, 11) is 1.29. The molecule has 0 amide bonds. The van der Waals surface area contributed by atoms with Gasteiger partial charge >= 0.3 is 5.97 Å². The zero-order valence-electron chi connectivity index (χ0n) is 14.2. The maximum atomic E-state index is 12.1. The minimum atomic E-state index is -0.537. The van der Waals surface area contributed by atoms with Crippen LogP contribution in [0.1, 0.15) is 50.4 Å². The predicted molar refractivity (Wildman–Crippen MR) is 88.9 cm³/mol. The largest absolute Gasteiger partial charge is 0.465 e. The van der Waals surface area contributed by atoms with E-state index in [0.717, 1.165) is 31.5 Å². The Hall–Kier alpha value is -2.11. The van der Waals surface area contributed by atoms with Gasteiger partial charge in [0.2, 0.25) is 0 Å². The number of nitro groups is 1. The van der Waals surface area contributed by atoms with Crippen molar-refractivity contribution < 1.29 is 14.5 Å². The van der Waals surface area contributed by atoms with Crippen molar-refractivity contribution >= 4 is 17.3 Å². The van der Waals surface area contributed by atoms with Crippen LogP contribution in [0.15, 0.2) is 18.2 Å². The molecule has 1 aromatic carbocycles. The second kappa shape index (κ2) is 6.56. The topological polar surface area (TPSA) is 72.7 Å². The van der Waals surface area contributed by atoms with Crippen LogP contribution in [0.3, 0.4) is 0 Å². The summed E-state index contributed by atoms with van der Waals surface area (Å²) in [5, 5.41) is 11.0. The van der Waals surface area contributed by atoms with Gasteiger partial charge in [0.15, 0.2) is 0 Å². The van der Waals surface area contributed by atoms with Crippen LogP contribution in [0.5, 0.6) is 0 Å². The quantitative estimate of drug-likeness (QED) is 0.479. The standard InChI is InChI=1S/C17H24N2O4/c1-17(2,3)11-13-6-5-9-18(13)15-8-7-12(19(21)22)10-14(15)16(20)23-4/h7-8,10,13H,5-6,9,11H2,1-4H3. The number of carbonyl (C=O) groups is 1. The number of methoxy groups -OCH3 is 1. The van der Waals surface area contributed by atoms with Crippen LogP contribution >= 0.6 is 0 Å². The van der Waals surface area contributed by atoms with Crippen LogP contribution in [0.4, 0.5) is 11.4 Å². The fourth-order valence-corrected chi connectivity index (χ4v) is 3.23. The van der Waals surface area contributed by atoms with Gasteiger partial charge in [-0.2, -0.15) is 0 Å². The first kappa shape index (κ1) is 17.2. The minimum Gasteiger partial charge on any atom is -0.465 e. The van der Waals surface area contributed by atoms with Crippen LogP contribution in [-0.4, -0.2) is 30.6 Å². The molecule has 126 valence electrons. The van der Waals surface area contributed by atoms with Gasteiger partial charge in [0.1, 0.15) is 0 Å². The molecule has 0 radical (unpaired) electrons. The molecular weight excluding hydrogens is 296 g/mol. The summed E-state index contributed by atoms with van der Waals surface area (Å²) in [4.78, 5) is 24.8. The highest BCUT2D eigenvalue weighted by Gasteiger charge is 2.31. The maximum Gasteiger partial charge on any atom is 0.340 e. The Morgan fingerprint density at radius 3 is 2.70 bits per heavy atom. The molecule has 1 atom stereocenters. The Balaban J connectivity index is 2.41. The lowest BCUT2D eigenvalue weighted by atomic mass is 9.87. The van der Waals surface area contributed by atoms with Crippen molar-refractivity contribution in [2.75, 3.05) is 18.6 Å². The van der Waals surface area contributed by atoms with Crippen LogP contribution in [-0.2, 0) is 4.74 Å². The van der Waals surface area contributed by atoms with Gasteiger partial charge in [0.05, 0.1) is 23.3 Å². The lowest BCUT2D eigenvalue weighted by Gasteiger charge is -2.32. The van der Waals surface area contributed by atoms with Crippen LogP contribution in [0.2, 0.25) is 0 Å². The number of rotatable bonds is 4. The van der Waals surface area contributed by atoms with E-state index in [2.05, 4.69) is 25.7 Å². The van der Waals surface area contributed by atoms with Gasteiger partial charge in [0.25, 0.3) is 5.69 Å². The Bertz CT molecular complexity index is 607. The highest BCUT2D eigenvalue weighted by atomic mass is 16.6. The number of hydrogen-bond acceptors (Lipinski definition) is 5. The Morgan fingerprint density at radius 2 is 2.13 bits per heavy atom. The summed E-state index contributed by atoms with van der Waals surface area (Å²) < 4.78 is 4.82. The zero-order chi connectivity index (χ0) is 17.2. The van der Waals surface area contributed by atoms with E-state index in [1.807, 2.05) is 0 Å². The van der Waals surface area contributed by atoms with Crippen molar-refractivity contribution in [2.24, 2.45) is 5.41 Å². The molecule has 6 nitrogen and oxygen atoms in total. The third-order valence-corrected chi connectivity index (χ3v) is 4.13. The monoisotopic (exact) mass is 320 g/mol. The SMILES string of the molecule is COC(=O)c1cc([N+](=O)[O-])ccc1N1CCCC1CC(C)(C)C. The third-order valence-electron chi connectivity index (χ3n) is 4.13. The van der Waals surface area contributed by atoms with Crippen molar-refractivity contribution in [3.63, 3.8) is 0 Å². The van der Waals surface area contributed by atoms with E-state index in [-0.39, 0.29) is 16.7 Å². The molecule has 0 aromatic heterocycles. The Kier molecular flexibility index (Phi) is 4.92. The summed E-state index contributed by atoms with van der Waals surface area (Å²) in [6, 6.07) is 4.77. The molecule has 1 aliphatic heterocycles. The summed E-state index contributed by atoms with van der Waals surface area (Å²) in [6.45, 7) is 7.43. The van der Waals surface area contributed by atoms with E-state index in [9.17, 15) is 14.9 Å². The molecule has 2 rings (SSSR count). The van der Waals surface area contributed by atoms with E-state index in [4.69, 9.17) is 4.74 Å². The Morgan fingerprint density at radius 1 is 1.43 bits per heavy atom. The fraction of sp³-hybridized carbons (Fsp3) is 0.588. The number of ether oxygens (including phenoxy) is 1. The second-order valence-corrected chi connectivity index (χ2v) is 7.20. The molecule has 1 aliphatic rings. The third kappa shape index (κ3) is 4.00. The average Bonchev–Trinajstić information content (AvgIpc) is 2.91. The highest BCUT2D eigenvalue weighted by molar-refractivity contribution is 5.96. The van der Waals surface area contributed by atoms with Gasteiger partial charge in [-0.1, -0.05) is 20.8 Å². The van der Waals surface area contributed by atoms with E-state index >= 15 is 0 Å².